The van der Waals surface area contributed by atoms with Crippen molar-refractivity contribution in [1.29, 1.82) is 5.26 Å². The van der Waals surface area contributed by atoms with E-state index in [9.17, 15) is 10.1 Å². The zero-order chi connectivity index (χ0) is 15.9. The maximum Gasteiger partial charge on any atom is 0.267 e. The van der Waals surface area contributed by atoms with Crippen molar-refractivity contribution in [3.8, 4) is 17.7 Å². The van der Waals surface area contributed by atoms with Crippen molar-refractivity contribution in [1.82, 2.24) is 4.90 Å². The first-order valence-electron chi connectivity index (χ1n) is 6.67. The molecule has 2 rings (SSSR count). The first kappa shape index (κ1) is 15.4. The van der Waals surface area contributed by atoms with Crippen molar-refractivity contribution in [2.75, 3.05) is 14.2 Å². The predicted molar refractivity (Wildman–Crippen MR) is 81.5 cm³/mol. The molecule has 0 radical (unpaired) electrons. The summed E-state index contributed by atoms with van der Waals surface area (Å²) in [7, 11) is 3.09. The van der Waals surface area contributed by atoms with Gasteiger partial charge in [0.15, 0.2) is 17.7 Å². The Labute approximate surface area is 129 Å². The lowest BCUT2D eigenvalue weighted by Gasteiger charge is -2.15. The summed E-state index contributed by atoms with van der Waals surface area (Å²) in [5.41, 5.74) is 1.26. The number of amides is 1. The lowest BCUT2D eigenvalue weighted by Crippen LogP contribution is -2.25. The van der Waals surface area contributed by atoms with Crippen molar-refractivity contribution in [2.24, 2.45) is 0 Å². The second-order valence-corrected chi connectivity index (χ2v) is 4.55. The van der Waals surface area contributed by atoms with Gasteiger partial charge in [-0.05, 0) is 29.8 Å². The highest BCUT2D eigenvalue weighted by atomic mass is 16.5. The van der Waals surface area contributed by atoms with Gasteiger partial charge in [-0.3, -0.25) is 4.79 Å². The number of ether oxygens (including phenoxy) is 2. The number of rotatable bonds is 5. The topological polar surface area (TPSA) is 62.6 Å². The average Bonchev–Trinajstić information content (AvgIpc) is 2.59. The van der Waals surface area contributed by atoms with Crippen LogP contribution in [0, 0.1) is 11.5 Å². The molecule has 5 nitrogen and oxygen atoms in total. The molecule has 0 aliphatic carbocycles. The molecule has 0 fully saturated rings. The fraction of sp³-hybridized carbons (Fsp3) is 0.176. The summed E-state index contributed by atoms with van der Waals surface area (Å²) in [6.45, 7) is 0.171. The van der Waals surface area contributed by atoms with Gasteiger partial charge in [-0.1, -0.05) is 24.3 Å². The van der Waals surface area contributed by atoms with Crippen LogP contribution in [0.4, 0.5) is 0 Å². The summed E-state index contributed by atoms with van der Waals surface area (Å²) in [6, 6.07) is 14.0. The molecule has 0 aromatic heterocycles. The third-order valence-corrected chi connectivity index (χ3v) is 3.18. The minimum atomic E-state index is -0.335. The van der Waals surface area contributed by atoms with Gasteiger partial charge in [0.1, 0.15) is 0 Å². The Bertz CT molecular complexity index is 693. The van der Waals surface area contributed by atoms with Crippen LogP contribution in [0.1, 0.15) is 15.9 Å². The molecule has 0 unspecified atom stereocenters. The third kappa shape index (κ3) is 3.36. The molecule has 0 bridgehead atoms. The minimum Gasteiger partial charge on any atom is -0.493 e. The fourth-order valence-corrected chi connectivity index (χ4v) is 2.05. The molecule has 0 saturated carbocycles. The monoisotopic (exact) mass is 296 g/mol. The standard InChI is InChI=1S/C17H16N2O3/c1-21-15-9-8-13(10-16(15)22-2)11-19(12-18)17(20)14-6-4-3-5-7-14/h3-10H,11H2,1-2H3. The number of carbonyl (C=O) groups is 1. The van der Waals surface area contributed by atoms with E-state index in [0.29, 0.717) is 17.1 Å². The summed E-state index contributed by atoms with van der Waals surface area (Å²) < 4.78 is 10.4. The number of benzene rings is 2. The number of nitriles is 1. The Kier molecular flexibility index (Phi) is 4.99. The maximum atomic E-state index is 12.3. The Morgan fingerprint density at radius 3 is 2.36 bits per heavy atom. The van der Waals surface area contributed by atoms with Crippen LogP contribution in [0.25, 0.3) is 0 Å². The van der Waals surface area contributed by atoms with E-state index >= 15 is 0 Å². The van der Waals surface area contributed by atoms with Gasteiger partial charge >= 0.3 is 0 Å². The lowest BCUT2D eigenvalue weighted by molar-refractivity contribution is 0.0824. The molecule has 0 atom stereocenters. The van der Waals surface area contributed by atoms with Gasteiger partial charge in [0.2, 0.25) is 0 Å². The molecule has 0 saturated heterocycles. The number of hydrogen-bond donors (Lipinski definition) is 0. The molecular formula is C17H16N2O3. The first-order chi connectivity index (χ1) is 10.7. The van der Waals surface area contributed by atoms with Gasteiger partial charge in [0.05, 0.1) is 20.8 Å². The molecule has 5 heteroatoms. The van der Waals surface area contributed by atoms with E-state index in [2.05, 4.69) is 0 Å². The minimum absolute atomic E-state index is 0.171. The molecule has 0 heterocycles. The molecule has 1 amide bonds. The summed E-state index contributed by atoms with van der Waals surface area (Å²) in [4.78, 5) is 13.4. The molecule has 2 aromatic carbocycles. The number of carbonyl (C=O) groups excluding carboxylic acids is 1. The SMILES string of the molecule is COc1ccc(CN(C#N)C(=O)c2ccccc2)cc1OC. The van der Waals surface area contributed by atoms with Crippen LogP contribution in [0.3, 0.4) is 0 Å². The van der Waals surface area contributed by atoms with Crippen LogP contribution in [-0.2, 0) is 6.54 Å². The van der Waals surface area contributed by atoms with E-state index in [1.165, 1.54) is 0 Å². The Morgan fingerprint density at radius 1 is 1.09 bits per heavy atom. The third-order valence-electron chi connectivity index (χ3n) is 3.18. The molecule has 2 aromatic rings. The zero-order valence-electron chi connectivity index (χ0n) is 12.4. The van der Waals surface area contributed by atoms with E-state index in [4.69, 9.17) is 9.47 Å². The molecule has 0 aliphatic rings. The molecule has 0 N–H and O–H groups in total. The lowest BCUT2D eigenvalue weighted by atomic mass is 10.1. The molecule has 0 spiro atoms. The number of nitrogens with zero attached hydrogens (tertiary/aromatic N) is 2. The second-order valence-electron chi connectivity index (χ2n) is 4.55. The fourth-order valence-electron chi connectivity index (χ4n) is 2.05. The number of methoxy groups -OCH3 is 2. The van der Waals surface area contributed by atoms with Crippen LogP contribution in [-0.4, -0.2) is 25.0 Å². The quantitative estimate of drug-likeness (QED) is 0.628. The van der Waals surface area contributed by atoms with Crippen LogP contribution < -0.4 is 9.47 Å². The maximum absolute atomic E-state index is 12.3. The smallest absolute Gasteiger partial charge is 0.267 e. The van der Waals surface area contributed by atoms with Gasteiger partial charge in [-0.15, -0.1) is 0 Å². The van der Waals surface area contributed by atoms with Gasteiger partial charge in [-0.25, -0.2) is 4.90 Å². The largest absolute Gasteiger partial charge is 0.493 e. The average molecular weight is 296 g/mol. The van der Waals surface area contributed by atoms with E-state index in [0.717, 1.165) is 10.5 Å². The van der Waals surface area contributed by atoms with Gasteiger partial charge in [-0.2, -0.15) is 5.26 Å². The molecule has 112 valence electrons. The van der Waals surface area contributed by atoms with Crippen LogP contribution >= 0.6 is 0 Å². The highest BCUT2D eigenvalue weighted by Gasteiger charge is 2.16. The highest BCUT2D eigenvalue weighted by Crippen LogP contribution is 2.28. The van der Waals surface area contributed by atoms with Crippen molar-refractivity contribution >= 4 is 5.91 Å². The molecule has 0 aliphatic heterocycles. The second kappa shape index (κ2) is 7.14. The first-order valence-corrected chi connectivity index (χ1v) is 6.67. The van der Waals surface area contributed by atoms with E-state index in [1.807, 2.05) is 12.3 Å². The Hall–Kier alpha value is -3.00. The summed E-state index contributed by atoms with van der Waals surface area (Å²) in [5, 5.41) is 9.25. The zero-order valence-corrected chi connectivity index (χ0v) is 12.4. The predicted octanol–water partition coefficient (Wildman–Crippen LogP) is 2.83. The van der Waals surface area contributed by atoms with Crippen molar-refractivity contribution in [3.63, 3.8) is 0 Å². The summed E-state index contributed by atoms with van der Waals surface area (Å²) in [6.07, 6.45) is 1.93. The summed E-state index contributed by atoms with van der Waals surface area (Å²) in [5.74, 6) is 0.826. The van der Waals surface area contributed by atoms with Crippen molar-refractivity contribution in [2.45, 2.75) is 6.54 Å². The Balaban J connectivity index is 2.21. The molecule has 22 heavy (non-hydrogen) atoms. The van der Waals surface area contributed by atoms with E-state index in [1.54, 1.807) is 56.7 Å². The van der Waals surface area contributed by atoms with Crippen molar-refractivity contribution in [3.05, 3.63) is 59.7 Å². The van der Waals surface area contributed by atoms with Crippen LogP contribution in [0.15, 0.2) is 48.5 Å². The number of hydrogen-bond acceptors (Lipinski definition) is 4. The normalized spacial score (nSPS) is 9.68. The Morgan fingerprint density at radius 2 is 1.77 bits per heavy atom. The summed E-state index contributed by atoms with van der Waals surface area (Å²) >= 11 is 0. The van der Waals surface area contributed by atoms with Crippen molar-refractivity contribution < 1.29 is 14.3 Å². The van der Waals surface area contributed by atoms with Crippen LogP contribution in [0.2, 0.25) is 0 Å². The van der Waals surface area contributed by atoms with Gasteiger partial charge < -0.3 is 9.47 Å². The van der Waals surface area contributed by atoms with Gasteiger partial charge in [0.25, 0.3) is 5.91 Å². The van der Waals surface area contributed by atoms with E-state index in [-0.39, 0.29) is 12.5 Å². The highest BCUT2D eigenvalue weighted by molar-refractivity contribution is 5.95. The van der Waals surface area contributed by atoms with Gasteiger partial charge in [0, 0.05) is 5.56 Å². The molecular weight excluding hydrogens is 280 g/mol. The van der Waals surface area contributed by atoms with Crippen LogP contribution in [0.5, 0.6) is 11.5 Å². The van der Waals surface area contributed by atoms with E-state index < -0.39 is 0 Å².